The van der Waals surface area contributed by atoms with Crippen molar-refractivity contribution >= 4 is 44.8 Å². The van der Waals surface area contributed by atoms with Gasteiger partial charge in [-0.25, -0.2) is 0 Å². The molecular formula is C11H10BrCl2N. The zero-order valence-corrected chi connectivity index (χ0v) is 11.1. The van der Waals surface area contributed by atoms with Crippen LogP contribution in [0.2, 0.25) is 10.0 Å². The topological polar surface area (TPSA) is 12.0 Å². The number of benzene rings is 1. The van der Waals surface area contributed by atoms with E-state index in [0.29, 0.717) is 10.0 Å². The zero-order chi connectivity index (χ0) is 11.3. The molecule has 0 unspecified atom stereocenters. The number of halogens is 3. The molecule has 0 aliphatic rings. The third kappa shape index (κ3) is 3.95. The minimum atomic E-state index is 0.607. The third-order valence-corrected chi connectivity index (χ3v) is 2.86. The fourth-order valence-corrected chi connectivity index (χ4v) is 2.46. The Morgan fingerprint density at radius 1 is 1.33 bits per heavy atom. The Balaban J connectivity index is 2.65. The summed E-state index contributed by atoms with van der Waals surface area (Å²) in [6.07, 6.45) is 6.80. The number of nitrogens with one attached hydrogen (secondary N) is 1. The summed E-state index contributed by atoms with van der Waals surface area (Å²) in [6, 6.07) is 3.61. The SMILES string of the molecule is C#CCCCNc1c(Cl)cc(Br)cc1Cl. The molecule has 1 nitrogen and oxygen atoms in total. The van der Waals surface area contributed by atoms with Gasteiger partial charge in [-0.2, -0.15) is 0 Å². The van der Waals surface area contributed by atoms with Gasteiger partial charge in [0.1, 0.15) is 0 Å². The van der Waals surface area contributed by atoms with Gasteiger partial charge in [0.05, 0.1) is 15.7 Å². The predicted molar refractivity (Wildman–Crippen MR) is 70.7 cm³/mol. The first-order valence-electron chi connectivity index (χ1n) is 4.47. The van der Waals surface area contributed by atoms with Gasteiger partial charge < -0.3 is 5.32 Å². The van der Waals surface area contributed by atoms with E-state index >= 15 is 0 Å². The Bertz CT molecular complexity index is 362. The van der Waals surface area contributed by atoms with Crippen molar-refractivity contribution in [1.29, 1.82) is 0 Å². The van der Waals surface area contributed by atoms with E-state index in [1.807, 2.05) is 0 Å². The lowest BCUT2D eigenvalue weighted by atomic mass is 10.3. The minimum absolute atomic E-state index is 0.607. The number of anilines is 1. The molecule has 0 aromatic heterocycles. The first-order chi connectivity index (χ1) is 7.15. The highest BCUT2D eigenvalue weighted by Crippen LogP contribution is 2.33. The second-order valence-electron chi connectivity index (χ2n) is 2.98. The van der Waals surface area contributed by atoms with Crippen LogP contribution in [0.25, 0.3) is 0 Å². The minimum Gasteiger partial charge on any atom is -0.383 e. The maximum Gasteiger partial charge on any atom is 0.0719 e. The fourth-order valence-electron chi connectivity index (χ4n) is 1.11. The van der Waals surface area contributed by atoms with Crippen LogP contribution in [0.15, 0.2) is 16.6 Å². The molecular weight excluding hydrogens is 297 g/mol. The van der Waals surface area contributed by atoms with Crippen LogP contribution in [0.5, 0.6) is 0 Å². The van der Waals surface area contributed by atoms with Gasteiger partial charge in [0.25, 0.3) is 0 Å². The van der Waals surface area contributed by atoms with Gasteiger partial charge in [-0.05, 0) is 18.6 Å². The van der Waals surface area contributed by atoms with Crippen molar-refractivity contribution in [2.45, 2.75) is 12.8 Å². The van der Waals surface area contributed by atoms with E-state index in [0.717, 1.165) is 29.5 Å². The highest BCUT2D eigenvalue weighted by atomic mass is 79.9. The van der Waals surface area contributed by atoms with E-state index in [1.54, 1.807) is 12.1 Å². The number of unbranched alkanes of at least 4 members (excludes halogenated alkanes) is 1. The molecule has 0 spiro atoms. The van der Waals surface area contributed by atoms with Gasteiger partial charge in [0, 0.05) is 17.4 Å². The van der Waals surface area contributed by atoms with Crippen LogP contribution < -0.4 is 5.32 Å². The summed E-state index contributed by atoms with van der Waals surface area (Å²) in [5.41, 5.74) is 0.763. The summed E-state index contributed by atoms with van der Waals surface area (Å²) in [5, 5.41) is 4.38. The molecule has 1 aromatic rings. The van der Waals surface area contributed by atoms with Gasteiger partial charge in [0.15, 0.2) is 0 Å². The normalized spacial score (nSPS) is 9.73. The molecule has 0 fully saturated rings. The Labute approximate surface area is 108 Å². The molecule has 1 aromatic carbocycles. The molecule has 0 atom stereocenters. The average molecular weight is 307 g/mol. The second-order valence-corrected chi connectivity index (χ2v) is 4.71. The van der Waals surface area contributed by atoms with E-state index in [2.05, 4.69) is 27.2 Å². The third-order valence-electron chi connectivity index (χ3n) is 1.81. The lowest BCUT2D eigenvalue weighted by Crippen LogP contribution is -2.02. The van der Waals surface area contributed by atoms with E-state index < -0.39 is 0 Å². The lowest BCUT2D eigenvalue weighted by molar-refractivity contribution is 0.907. The van der Waals surface area contributed by atoms with Gasteiger partial charge >= 0.3 is 0 Å². The smallest absolute Gasteiger partial charge is 0.0719 e. The molecule has 1 N–H and O–H groups in total. The van der Waals surface area contributed by atoms with Gasteiger partial charge in [0.2, 0.25) is 0 Å². The Morgan fingerprint density at radius 2 is 1.93 bits per heavy atom. The average Bonchev–Trinajstić information content (AvgIpc) is 2.15. The van der Waals surface area contributed by atoms with E-state index in [-0.39, 0.29) is 0 Å². The van der Waals surface area contributed by atoms with Crippen LogP contribution in [-0.2, 0) is 0 Å². The van der Waals surface area contributed by atoms with Crippen LogP contribution in [0, 0.1) is 12.3 Å². The highest BCUT2D eigenvalue weighted by Gasteiger charge is 2.06. The summed E-state index contributed by atoms with van der Waals surface area (Å²) in [7, 11) is 0. The molecule has 0 saturated heterocycles. The standard InChI is InChI=1S/C11H10BrCl2N/c1-2-3-4-5-15-11-9(13)6-8(12)7-10(11)14/h1,6-7,15H,3-5H2. The van der Waals surface area contributed by atoms with E-state index in [9.17, 15) is 0 Å². The largest absolute Gasteiger partial charge is 0.383 e. The molecule has 15 heavy (non-hydrogen) atoms. The van der Waals surface area contributed by atoms with Crippen molar-refractivity contribution in [2.75, 3.05) is 11.9 Å². The molecule has 0 heterocycles. The summed E-state index contributed by atoms with van der Waals surface area (Å²) in [6.45, 7) is 0.769. The number of terminal acetylenes is 1. The van der Waals surface area contributed by atoms with E-state index in [4.69, 9.17) is 29.6 Å². The maximum atomic E-state index is 6.03. The molecule has 0 saturated carbocycles. The highest BCUT2D eigenvalue weighted by molar-refractivity contribution is 9.10. The molecule has 0 bridgehead atoms. The molecule has 1 rings (SSSR count). The van der Waals surface area contributed by atoms with Gasteiger partial charge in [-0.3, -0.25) is 0 Å². The van der Waals surface area contributed by atoms with E-state index in [1.165, 1.54) is 0 Å². The Kier molecular flexibility index (Phi) is 5.31. The molecule has 0 radical (unpaired) electrons. The van der Waals surface area contributed by atoms with Crippen molar-refractivity contribution in [3.8, 4) is 12.3 Å². The van der Waals surface area contributed by atoms with Gasteiger partial charge in [-0.15, -0.1) is 12.3 Å². The summed E-state index contributed by atoms with van der Waals surface area (Å²) >= 11 is 15.4. The Hall–Kier alpha value is -0.360. The van der Waals surface area contributed by atoms with Crippen LogP contribution in [0.1, 0.15) is 12.8 Å². The van der Waals surface area contributed by atoms with Crippen molar-refractivity contribution in [2.24, 2.45) is 0 Å². The second kappa shape index (κ2) is 6.27. The molecule has 0 amide bonds. The zero-order valence-electron chi connectivity index (χ0n) is 7.99. The van der Waals surface area contributed by atoms with Gasteiger partial charge in [-0.1, -0.05) is 39.1 Å². The van der Waals surface area contributed by atoms with Crippen molar-refractivity contribution in [3.63, 3.8) is 0 Å². The maximum absolute atomic E-state index is 6.03. The summed E-state index contributed by atoms with van der Waals surface area (Å²) in [5.74, 6) is 2.58. The molecule has 0 aliphatic carbocycles. The van der Waals surface area contributed by atoms with Crippen molar-refractivity contribution < 1.29 is 0 Å². The van der Waals surface area contributed by atoms with Crippen LogP contribution in [-0.4, -0.2) is 6.54 Å². The number of hydrogen-bond donors (Lipinski definition) is 1. The quantitative estimate of drug-likeness (QED) is 0.634. The lowest BCUT2D eigenvalue weighted by Gasteiger charge is -2.10. The number of hydrogen-bond acceptors (Lipinski definition) is 1. The van der Waals surface area contributed by atoms with Crippen LogP contribution in [0.4, 0.5) is 5.69 Å². The summed E-state index contributed by atoms with van der Waals surface area (Å²) < 4.78 is 0.867. The van der Waals surface area contributed by atoms with Crippen molar-refractivity contribution in [3.05, 3.63) is 26.7 Å². The molecule has 80 valence electrons. The molecule has 4 heteroatoms. The van der Waals surface area contributed by atoms with Crippen LogP contribution >= 0.6 is 39.1 Å². The predicted octanol–water partition coefficient (Wildman–Crippen LogP) is 4.58. The molecule has 0 aliphatic heterocycles. The fraction of sp³-hybridized carbons (Fsp3) is 0.273. The Morgan fingerprint density at radius 3 is 2.47 bits per heavy atom. The van der Waals surface area contributed by atoms with Crippen molar-refractivity contribution in [1.82, 2.24) is 0 Å². The summed E-state index contributed by atoms with van der Waals surface area (Å²) in [4.78, 5) is 0. The first kappa shape index (κ1) is 12.7. The van der Waals surface area contributed by atoms with Crippen LogP contribution in [0.3, 0.4) is 0 Å². The number of rotatable bonds is 4. The first-order valence-corrected chi connectivity index (χ1v) is 6.02. The monoisotopic (exact) mass is 305 g/mol.